The van der Waals surface area contributed by atoms with E-state index in [-0.39, 0.29) is 24.4 Å². The van der Waals surface area contributed by atoms with E-state index in [2.05, 4.69) is 0 Å². The molecule has 1 aromatic carbocycles. The Morgan fingerprint density at radius 1 is 1.25 bits per heavy atom. The van der Waals surface area contributed by atoms with Crippen LogP contribution in [0.1, 0.15) is 41.6 Å². The summed E-state index contributed by atoms with van der Waals surface area (Å²) < 4.78 is 0. The first kappa shape index (κ1) is 13.2. The van der Waals surface area contributed by atoms with Gasteiger partial charge in [-0.1, -0.05) is 17.7 Å². The zero-order valence-electron chi connectivity index (χ0n) is 11.6. The summed E-state index contributed by atoms with van der Waals surface area (Å²) in [7, 11) is 0. The minimum Gasteiger partial charge on any atom is -0.481 e. The van der Waals surface area contributed by atoms with Gasteiger partial charge in [-0.3, -0.25) is 9.59 Å². The topological polar surface area (TPSA) is 57.6 Å². The van der Waals surface area contributed by atoms with Crippen LogP contribution >= 0.6 is 0 Å². The van der Waals surface area contributed by atoms with E-state index in [4.69, 9.17) is 5.11 Å². The normalized spacial score (nSPS) is 27.9. The van der Waals surface area contributed by atoms with Crippen molar-refractivity contribution >= 4 is 11.9 Å². The molecule has 4 nitrogen and oxygen atoms in total. The lowest BCUT2D eigenvalue weighted by atomic mass is 9.95. The lowest BCUT2D eigenvalue weighted by Crippen LogP contribution is -2.45. The maximum Gasteiger partial charge on any atom is 0.305 e. The van der Waals surface area contributed by atoms with Crippen LogP contribution in [0.15, 0.2) is 24.3 Å². The molecule has 3 rings (SSSR count). The largest absolute Gasteiger partial charge is 0.481 e. The number of hydrogen-bond donors (Lipinski definition) is 1. The average molecular weight is 273 g/mol. The van der Waals surface area contributed by atoms with Gasteiger partial charge in [-0.2, -0.15) is 0 Å². The highest BCUT2D eigenvalue weighted by molar-refractivity contribution is 5.95. The Morgan fingerprint density at radius 3 is 2.60 bits per heavy atom. The molecule has 20 heavy (non-hydrogen) atoms. The monoisotopic (exact) mass is 273 g/mol. The van der Waals surface area contributed by atoms with Crippen LogP contribution in [0.25, 0.3) is 0 Å². The molecule has 1 amide bonds. The number of carbonyl (C=O) groups is 2. The second-order valence-corrected chi connectivity index (χ2v) is 5.97. The highest BCUT2D eigenvalue weighted by Gasteiger charge is 2.48. The number of aryl methyl sites for hydroxylation is 1. The molecular formula is C16H19NO3. The third-order valence-corrected chi connectivity index (χ3v) is 4.66. The highest BCUT2D eigenvalue weighted by Crippen LogP contribution is 2.44. The fraction of sp³-hybridized carbons (Fsp3) is 0.500. The lowest BCUT2D eigenvalue weighted by Gasteiger charge is -2.34. The van der Waals surface area contributed by atoms with E-state index in [0.717, 1.165) is 24.8 Å². The Hall–Kier alpha value is -1.84. The summed E-state index contributed by atoms with van der Waals surface area (Å²) in [6.45, 7) is 1.99. The number of rotatable bonds is 3. The summed E-state index contributed by atoms with van der Waals surface area (Å²) in [5.74, 6) is -0.460. The van der Waals surface area contributed by atoms with Gasteiger partial charge in [-0.05, 0) is 44.2 Å². The molecule has 0 spiro atoms. The summed E-state index contributed by atoms with van der Waals surface area (Å²) >= 11 is 0. The highest BCUT2D eigenvalue weighted by atomic mass is 16.4. The number of amides is 1. The number of benzene rings is 1. The van der Waals surface area contributed by atoms with E-state index < -0.39 is 5.97 Å². The van der Waals surface area contributed by atoms with Gasteiger partial charge in [0.15, 0.2) is 0 Å². The number of aliphatic carboxylic acids is 1. The van der Waals surface area contributed by atoms with Gasteiger partial charge in [-0.25, -0.2) is 0 Å². The molecule has 1 heterocycles. The summed E-state index contributed by atoms with van der Waals surface area (Å²) in [6.07, 6.45) is 3.10. The molecule has 0 aromatic heterocycles. The molecule has 106 valence electrons. The van der Waals surface area contributed by atoms with E-state index in [0.29, 0.717) is 11.5 Å². The Bertz CT molecular complexity index is 537. The maximum atomic E-state index is 12.7. The summed E-state index contributed by atoms with van der Waals surface area (Å²) in [5.41, 5.74) is 1.78. The Balaban J connectivity index is 1.85. The summed E-state index contributed by atoms with van der Waals surface area (Å²) in [5, 5.41) is 9.07. The standard InChI is InChI=1S/C16H19NO3/c1-10-2-4-11(5-3-10)16(20)17-13-7-6-12(8-13)14(17)9-15(18)19/h2-5,12-14H,6-9H2,1H3,(H,18,19)/t12-,13+,14+/m0/s1. The first-order valence-electron chi connectivity index (χ1n) is 7.17. The number of nitrogens with zero attached hydrogens (tertiary/aromatic N) is 1. The van der Waals surface area contributed by atoms with Gasteiger partial charge in [0.25, 0.3) is 5.91 Å². The molecule has 1 saturated carbocycles. The van der Waals surface area contributed by atoms with E-state index in [1.54, 1.807) is 0 Å². The number of carbonyl (C=O) groups excluding carboxylic acids is 1. The Labute approximate surface area is 118 Å². The van der Waals surface area contributed by atoms with Crippen molar-refractivity contribution in [3.8, 4) is 0 Å². The second-order valence-electron chi connectivity index (χ2n) is 5.97. The molecule has 2 aliphatic rings. The molecule has 3 atom stereocenters. The second kappa shape index (κ2) is 4.93. The third kappa shape index (κ3) is 2.19. The molecule has 2 bridgehead atoms. The van der Waals surface area contributed by atoms with Gasteiger partial charge in [0.05, 0.1) is 6.42 Å². The van der Waals surface area contributed by atoms with Crippen LogP contribution < -0.4 is 0 Å². The smallest absolute Gasteiger partial charge is 0.305 e. The molecule has 0 unspecified atom stereocenters. The van der Waals surface area contributed by atoms with Crippen molar-refractivity contribution in [2.24, 2.45) is 5.92 Å². The summed E-state index contributed by atoms with van der Waals surface area (Å²) in [4.78, 5) is 25.6. The summed E-state index contributed by atoms with van der Waals surface area (Å²) in [6, 6.07) is 7.63. The fourth-order valence-electron chi connectivity index (χ4n) is 3.70. The first-order valence-corrected chi connectivity index (χ1v) is 7.17. The van der Waals surface area contributed by atoms with Crippen molar-refractivity contribution in [1.29, 1.82) is 0 Å². The molecule has 1 aliphatic heterocycles. The number of carboxylic acid groups (broad SMARTS) is 1. The predicted octanol–water partition coefficient (Wildman–Crippen LogP) is 2.46. The van der Waals surface area contributed by atoms with Gasteiger partial charge in [0, 0.05) is 17.6 Å². The lowest BCUT2D eigenvalue weighted by molar-refractivity contribution is -0.138. The van der Waals surface area contributed by atoms with Crippen molar-refractivity contribution in [1.82, 2.24) is 4.90 Å². The molecule has 4 heteroatoms. The fourth-order valence-corrected chi connectivity index (χ4v) is 3.70. The minimum absolute atomic E-state index is 0.0107. The van der Waals surface area contributed by atoms with Crippen molar-refractivity contribution in [3.63, 3.8) is 0 Å². The van der Waals surface area contributed by atoms with Crippen molar-refractivity contribution in [2.75, 3.05) is 0 Å². The van der Waals surface area contributed by atoms with Crippen LogP contribution in [0.5, 0.6) is 0 Å². The molecule has 0 radical (unpaired) electrons. The van der Waals surface area contributed by atoms with E-state index >= 15 is 0 Å². The number of hydrogen-bond acceptors (Lipinski definition) is 2. The minimum atomic E-state index is -0.816. The number of likely N-dealkylation sites (tertiary alicyclic amines) is 1. The van der Waals surface area contributed by atoms with Crippen LogP contribution in [-0.2, 0) is 4.79 Å². The van der Waals surface area contributed by atoms with Crippen molar-refractivity contribution < 1.29 is 14.7 Å². The van der Waals surface area contributed by atoms with Crippen LogP contribution in [-0.4, -0.2) is 34.0 Å². The number of piperidine rings is 1. The van der Waals surface area contributed by atoms with Gasteiger partial charge in [-0.15, -0.1) is 0 Å². The maximum absolute atomic E-state index is 12.7. The Morgan fingerprint density at radius 2 is 1.95 bits per heavy atom. The van der Waals surface area contributed by atoms with Gasteiger partial charge < -0.3 is 10.0 Å². The van der Waals surface area contributed by atoms with Crippen molar-refractivity contribution in [3.05, 3.63) is 35.4 Å². The predicted molar refractivity (Wildman–Crippen MR) is 74.5 cm³/mol. The average Bonchev–Trinajstić information content (AvgIpc) is 2.99. The first-order chi connectivity index (χ1) is 9.56. The number of fused-ring (bicyclic) bond motifs is 2. The zero-order chi connectivity index (χ0) is 14.3. The van der Waals surface area contributed by atoms with Gasteiger partial charge in [0.2, 0.25) is 0 Å². The van der Waals surface area contributed by atoms with Crippen LogP contribution in [0.4, 0.5) is 0 Å². The van der Waals surface area contributed by atoms with E-state index in [9.17, 15) is 9.59 Å². The Kier molecular flexibility index (Phi) is 3.24. The molecule has 1 aromatic rings. The van der Waals surface area contributed by atoms with Gasteiger partial charge in [0.1, 0.15) is 0 Å². The van der Waals surface area contributed by atoms with Crippen LogP contribution in [0, 0.1) is 12.8 Å². The van der Waals surface area contributed by atoms with Crippen LogP contribution in [0.3, 0.4) is 0 Å². The quantitative estimate of drug-likeness (QED) is 0.920. The molecular weight excluding hydrogens is 254 g/mol. The third-order valence-electron chi connectivity index (χ3n) is 4.66. The molecule has 1 saturated heterocycles. The van der Waals surface area contributed by atoms with E-state index in [1.165, 1.54) is 0 Å². The van der Waals surface area contributed by atoms with E-state index in [1.807, 2.05) is 36.1 Å². The van der Waals surface area contributed by atoms with Crippen molar-refractivity contribution in [2.45, 2.75) is 44.7 Å². The number of carboxylic acids is 1. The SMILES string of the molecule is Cc1ccc(C(=O)N2[C@@H]3CC[C@@H](C3)[C@H]2CC(=O)O)cc1. The molecule has 1 N–H and O–H groups in total. The molecule has 2 fully saturated rings. The van der Waals surface area contributed by atoms with Crippen LogP contribution in [0.2, 0.25) is 0 Å². The molecule has 1 aliphatic carbocycles. The zero-order valence-corrected chi connectivity index (χ0v) is 11.6. The van der Waals surface area contributed by atoms with Gasteiger partial charge >= 0.3 is 5.97 Å².